The lowest BCUT2D eigenvalue weighted by Crippen LogP contribution is -2.29. The van der Waals surface area contributed by atoms with Crippen molar-refractivity contribution in [3.8, 4) is 0 Å². The van der Waals surface area contributed by atoms with Gasteiger partial charge in [0.1, 0.15) is 0 Å². The van der Waals surface area contributed by atoms with Crippen LogP contribution in [0.4, 0.5) is 0 Å². The summed E-state index contributed by atoms with van der Waals surface area (Å²) in [5.41, 5.74) is 0. The molecule has 0 saturated heterocycles. The molecule has 0 aliphatic carbocycles. The molecular formula is C6H7NO2. The van der Waals surface area contributed by atoms with Crippen molar-refractivity contribution in [1.29, 1.82) is 0 Å². The van der Waals surface area contributed by atoms with E-state index in [1.165, 1.54) is 17.9 Å². The SMILES string of the molecule is CC(=O)N1CC=CC1=O. The van der Waals surface area contributed by atoms with Crippen molar-refractivity contribution in [3.05, 3.63) is 12.2 Å². The molecule has 9 heavy (non-hydrogen) atoms. The first-order valence-electron chi connectivity index (χ1n) is 2.70. The predicted octanol–water partition coefficient (Wildman–Crippen LogP) is -0.0687. The van der Waals surface area contributed by atoms with Crippen LogP contribution in [0, 0.1) is 0 Å². The van der Waals surface area contributed by atoms with Gasteiger partial charge in [-0.3, -0.25) is 14.5 Å². The molecule has 0 aromatic rings. The molecule has 0 aromatic carbocycles. The maximum Gasteiger partial charge on any atom is 0.253 e. The third kappa shape index (κ3) is 0.988. The van der Waals surface area contributed by atoms with Gasteiger partial charge >= 0.3 is 0 Å². The molecule has 0 radical (unpaired) electrons. The molecule has 0 fully saturated rings. The first kappa shape index (κ1) is 6.01. The monoisotopic (exact) mass is 125 g/mol. The fraction of sp³-hybridized carbons (Fsp3) is 0.333. The zero-order valence-electron chi connectivity index (χ0n) is 5.13. The summed E-state index contributed by atoms with van der Waals surface area (Å²) in [6, 6.07) is 0. The average Bonchev–Trinajstić information content (AvgIpc) is 2.13. The van der Waals surface area contributed by atoms with Gasteiger partial charge in [0.15, 0.2) is 0 Å². The van der Waals surface area contributed by atoms with Gasteiger partial charge in [0.05, 0.1) is 0 Å². The zero-order chi connectivity index (χ0) is 6.85. The molecule has 0 unspecified atom stereocenters. The molecule has 1 aliphatic rings. The topological polar surface area (TPSA) is 37.4 Å². The number of hydrogen-bond donors (Lipinski definition) is 0. The molecule has 1 rings (SSSR count). The Hall–Kier alpha value is -1.12. The third-order valence-electron chi connectivity index (χ3n) is 1.19. The van der Waals surface area contributed by atoms with Crippen molar-refractivity contribution in [1.82, 2.24) is 4.90 Å². The van der Waals surface area contributed by atoms with Gasteiger partial charge in [-0.15, -0.1) is 0 Å². The minimum Gasteiger partial charge on any atom is -0.275 e. The lowest BCUT2D eigenvalue weighted by atomic mass is 10.5. The largest absolute Gasteiger partial charge is 0.275 e. The van der Waals surface area contributed by atoms with E-state index in [1.54, 1.807) is 6.08 Å². The van der Waals surface area contributed by atoms with Crippen LogP contribution >= 0.6 is 0 Å². The van der Waals surface area contributed by atoms with Crippen molar-refractivity contribution in [3.63, 3.8) is 0 Å². The van der Waals surface area contributed by atoms with Crippen molar-refractivity contribution in [2.75, 3.05) is 6.54 Å². The first-order chi connectivity index (χ1) is 4.22. The van der Waals surface area contributed by atoms with Crippen LogP contribution in [0.5, 0.6) is 0 Å². The van der Waals surface area contributed by atoms with Crippen LogP contribution in [0.1, 0.15) is 6.92 Å². The Morgan fingerprint density at radius 2 is 2.44 bits per heavy atom. The summed E-state index contributed by atoms with van der Waals surface area (Å²) in [6.07, 6.45) is 3.07. The summed E-state index contributed by atoms with van der Waals surface area (Å²) in [5.74, 6) is -0.396. The lowest BCUT2D eigenvalue weighted by molar-refractivity contribution is -0.138. The number of hydrogen-bond acceptors (Lipinski definition) is 2. The standard InChI is InChI=1S/C6H7NO2/c1-5(8)7-4-2-3-6(7)9/h2-3H,4H2,1H3. The third-order valence-corrected chi connectivity index (χ3v) is 1.19. The number of carbonyl (C=O) groups is 2. The Kier molecular flexibility index (Phi) is 1.34. The number of amides is 2. The summed E-state index contributed by atoms with van der Waals surface area (Å²) >= 11 is 0. The van der Waals surface area contributed by atoms with E-state index in [4.69, 9.17) is 0 Å². The van der Waals surface area contributed by atoms with E-state index in [0.29, 0.717) is 6.54 Å². The average molecular weight is 125 g/mol. The molecule has 1 heterocycles. The molecule has 0 bridgehead atoms. The molecule has 1 aliphatic heterocycles. The normalized spacial score (nSPS) is 17.0. The van der Waals surface area contributed by atoms with E-state index in [1.807, 2.05) is 0 Å². The first-order valence-corrected chi connectivity index (χ1v) is 2.70. The molecule has 0 aromatic heterocycles. The van der Waals surface area contributed by atoms with Crippen LogP contribution in [-0.2, 0) is 9.59 Å². The van der Waals surface area contributed by atoms with Crippen molar-refractivity contribution in [2.24, 2.45) is 0 Å². The highest BCUT2D eigenvalue weighted by atomic mass is 16.2. The molecule has 2 amide bonds. The van der Waals surface area contributed by atoms with Gasteiger partial charge in [0, 0.05) is 19.5 Å². The van der Waals surface area contributed by atoms with Gasteiger partial charge in [-0.1, -0.05) is 6.08 Å². The van der Waals surface area contributed by atoms with Crippen LogP contribution in [-0.4, -0.2) is 23.3 Å². The second-order valence-electron chi connectivity index (χ2n) is 1.87. The minimum atomic E-state index is -0.206. The van der Waals surface area contributed by atoms with Crippen molar-refractivity contribution in [2.45, 2.75) is 6.92 Å². The number of rotatable bonds is 0. The fourth-order valence-electron chi connectivity index (χ4n) is 0.723. The Labute approximate surface area is 53.0 Å². The Balaban J connectivity index is 2.66. The molecule has 48 valence electrons. The van der Waals surface area contributed by atoms with E-state index in [0.717, 1.165) is 0 Å². The Bertz CT molecular complexity index is 183. The highest BCUT2D eigenvalue weighted by molar-refractivity contribution is 6.02. The highest BCUT2D eigenvalue weighted by Crippen LogP contribution is 1.99. The lowest BCUT2D eigenvalue weighted by Gasteiger charge is -2.08. The Morgan fingerprint density at radius 1 is 1.78 bits per heavy atom. The maximum atomic E-state index is 10.6. The predicted molar refractivity (Wildman–Crippen MR) is 31.5 cm³/mol. The van der Waals surface area contributed by atoms with Crippen LogP contribution in [0.3, 0.4) is 0 Å². The Morgan fingerprint density at radius 3 is 2.67 bits per heavy atom. The van der Waals surface area contributed by atoms with Crippen LogP contribution < -0.4 is 0 Å². The second kappa shape index (κ2) is 2.01. The van der Waals surface area contributed by atoms with E-state index >= 15 is 0 Å². The number of carbonyl (C=O) groups excluding carboxylic acids is 2. The van der Waals surface area contributed by atoms with Crippen LogP contribution in [0.15, 0.2) is 12.2 Å². The summed E-state index contributed by atoms with van der Waals surface area (Å²) in [6.45, 7) is 1.82. The molecule has 0 atom stereocenters. The summed E-state index contributed by atoms with van der Waals surface area (Å²) in [5, 5.41) is 0. The van der Waals surface area contributed by atoms with Gasteiger partial charge in [0.2, 0.25) is 5.91 Å². The van der Waals surface area contributed by atoms with Gasteiger partial charge < -0.3 is 0 Å². The van der Waals surface area contributed by atoms with Crippen LogP contribution in [0.25, 0.3) is 0 Å². The molecular weight excluding hydrogens is 118 g/mol. The fourth-order valence-corrected chi connectivity index (χ4v) is 0.723. The summed E-state index contributed by atoms with van der Waals surface area (Å²) in [7, 11) is 0. The van der Waals surface area contributed by atoms with Gasteiger partial charge in [0.25, 0.3) is 5.91 Å². The summed E-state index contributed by atoms with van der Waals surface area (Å²) < 4.78 is 0. The zero-order valence-corrected chi connectivity index (χ0v) is 5.13. The second-order valence-corrected chi connectivity index (χ2v) is 1.87. The van der Waals surface area contributed by atoms with Gasteiger partial charge in [-0.25, -0.2) is 0 Å². The molecule has 0 saturated carbocycles. The molecule has 3 heteroatoms. The van der Waals surface area contributed by atoms with E-state index in [9.17, 15) is 9.59 Å². The molecule has 0 spiro atoms. The minimum absolute atomic E-state index is 0.190. The highest BCUT2D eigenvalue weighted by Gasteiger charge is 2.17. The molecule has 3 nitrogen and oxygen atoms in total. The van der Waals surface area contributed by atoms with Crippen molar-refractivity contribution >= 4 is 11.8 Å². The molecule has 0 N–H and O–H groups in total. The maximum absolute atomic E-state index is 10.6. The smallest absolute Gasteiger partial charge is 0.253 e. The van der Waals surface area contributed by atoms with Crippen LogP contribution in [0.2, 0.25) is 0 Å². The van der Waals surface area contributed by atoms with E-state index < -0.39 is 0 Å². The van der Waals surface area contributed by atoms with Gasteiger partial charge in [-0.05, 0) is 0 Å². The summed E-state index contributed by atoms with van der Waals surface area (Å²) in [4.78, 5) is 22.3. The van der Waals surface area contributed by atoms with E-state index in [-0.39, 0.29) is 11.8 Å². The van der Waals surface area contributed by atoms with E-state index in [2.05, 4.69) is 0 Å². The quantitative estimate of drug-likeness (QED) is 0.454. The van der Waals surface area contributed by atoms with Crippen molar-refractivity contribution < 1.29 is 9.59 Å². The number of nitrogens with zero attached hydrogens (tertiary/aromatic N) is 1. The number of imide groups is 1. The van der Waals surface area contributed by atoms with Gasteiger partial charge in [-0.2, -0.15) is 0 Å².